The summed E-state index contributed by atoms with van der Waals surface area (Å²) in [4.78, 5) is 21.6. The molecule has 3 heterocycles. The molecule has 2 aromatic carbocycles. The van der Waals surface area contributed by atoms with Gasteiger partial charge in [0.25, 0.3) is 5.91 Å². The van der Waals surface area contributed by atoms with Gasteiger partial charge in [-0.05, 0) is 42.0 Å². The van der Waals surface area contributed by atoms with Crippen molar-refractivity contribution in [1.29, 1.82) is 0 Å². The van der Waals surface area contributed by atoms with Gasteiger partial charge in [-0.15, -0.1) is 8.78 Å². The van der Waals surface area contributed by atoms with Crippen LogP contribution in [0.5, 0.6) is 11.5 Å². The van der Waals surface area contributed by atoms with Gasteiger partial charge < -0.3 is 25.4 Å². The number of carbonyl (C=O) groups excluding carboxylic acids is 1. The van der Waals surface area contributed by atoms with E-state index in [4.69, 9.17) is 0 Å². The van der Waals surface area contributed by atoms with Gasteiger partial charge in [0.2, 0.25) is 0 Å². The lowest BCUT2D eigenvalue weighted by molar-refractivity contribution is -0.286. The van der Waals surface area contributed by atoms with Crippen LogP contribution in [0.3, 0.4) is 0 Å². The van der Waals surface area contributed by atoms with Crippen molar-refractivity contribution in [2.45, 2.75) is 12.8 Å². The van der Waals surface area contributed by atoms with Crippen molar-refractivity contribution in [1.82, 2.24) is 10.3 Å². The Morgan fingerprint density at radius 2 is 1.94 bits per heavy atom. The summed E-state index contributed by atoms with van der Waals surface area (Å²) in [6.45, 7) is 1.99. The highest BCUT2D eigenvalue weighted by molar-refractivity contribution is 6.08. The highest BCUT2D eigenvalue weighted by Crippen LogP contribution is 2.42. The van der Waals surface area contributed by atoms with Gasteiger partial charge in [-0.3, -0.25) is 14.8 Å². The number of fused-ring (bicyclic) bond motifs is 1. The van der Waals surface area contributed by atoms with Crippen LogP contribution in [-0.2, 0) is 6.54 Å². The quantitative estimate of drug-likeness (QED) is 0.530. The molecule has 3 N–H and O–H groups in total. The summed E-state index contributed by atoms with van der Waals surface area (Å²) < 4.78 is 35.3. The van der Waals surface area contributed by atoms with Crippen LogP contribution in [0, 0.1) is 0 Å². The number of aromatic nitrogens is 1. The van der Waals surface area contributed by atoms with E-state index in [-0.39, 0.29) is 11.5 Å². The first-order chi connectivity index (χ1) is 16.0. The zero-order valence-electron chi connectivity index (χ0n) is 17.3. The first-order valence-electron chi connectivity index (χ1n) is 10.2. The van der Waals surface area contributed by atoms with E-state index in [0.29, 0.717) is 23.5 Å². The molecule has 10 heteroatoms. The van der Waals surface area contributed by atoms with E-state index >= 15 is 0 Å². The molecule has 0 atom stereocenters. The van der Waals surface area contributed by atoms with Crippen LogP contribution >= 0.6 is 0 Å². The summed E-state index contributed by atoms with van der Waals surface area (Å²) in [7, 11) is 0. The average molecular weight is 451 g/mol. The number of hydrogen-bond acceptors (Lipinski definition) is 7. The molecule has 0 spiro atoms. The highest BCUT2D eigenvalue weighted by Gasteiger charge is 2.43. The Labute approximate surface area is 187 Å². The molecule has 1 aromatic heterocycles. The maximum Gasteiger partial charge on any atom is 0.586 e. The third kappa shape index (κ3) is 4.54. The molecule has 0 saturated heterocycles. The molecule has 1 amide bonds. The van der Waals surface area contributed by atoms with Crippen LogP contribution in [0.2, 0.25) is 0 Å². The number of carbonyl (C=O) groups is 1. The molecule has 0 aliphatic carbocycles. The predicted molar refractivity (Wildman–Crippen MR) is 118 cm³/mol. The number of rotatable bonds is 6. The summed E-state index contributed by atoms with van der Waals surface area (Å²) in [5.74, 6) is 0.149. The van der Waals surface area contributed by atoms with Crippen molar-refractivity contribution >= 4 is 23.1 Å². The Morgan fingerprint density at radius 1 is 1.09 bits per heavy atom. The van der Waals surface area contributed by atoms with Gasteiger partial charge in [0.15, 0.2) is 11.5 Å². The van der Waals surface area contributed by atoms with Crippen molar-refractivity contribution in [2.75, 3.05) is 23.7 Å². The smallest absolute Gasteiger partial charge is 0.395 e. The fourth-order valence-electron chi connectivity index (χ4n) is 3.54. The number of nitrogens with zero attached hydrogens (tertiary/aromatic N) is 2. The van der Waals surface area contributed by atoms with Crippen LogP contribution in [-0.4, -0.2) is 36.1 Å². The van der Waals surface area contributed by atoms with Crippen LogP contribution in [0.25, 0.3) is 0 Å². The molecule has 8 nitrogen and oxygen atoms in total. The second-order valence-corrected chi connectivity index (χ2v) is 7.39. The number of ether oxygens (including phenoxy) is 2. The summed E-state index contributed by atoms with van der Waals surface area (Å²) in [5, 5.41) is 9.18. The second kappa shape index (κ2) is 8.38. The lowest BCUT2D eigenvalue weighted by atomic mass is 10.1. The van der Waals surface area contributed by atoms with Crippen LogP contribution < -0.4 is 25.4 Å². The third-order valence-corrected chi connectivity index (χ3v) is 5.05. The van der Waals surface area contributed by atoms with E-state index in [1.807, 2.05) is 18.2 Å². The minimum absolute atomic E-state index is 0.0875. The maximum absolute atomic E-state index is 13.2. The third-order valence-electron chi connectivity index (χ3n) is 5.05. The van der Waals surface area contributed by atoms with E-state index in [0.717, 1.165) is 30.2 Å². The van der Waals surface area contributed by atoms with Crippen molar-refractivity contribution in [2.24, 2.45) is 4.99 Å². The van der Waals surface area contributed by atoms with Gasteiger partial charge in [0.05, 0.1) is 12.1 Å². The normalized spacial score (nSPS) is 15.5. The molecule has 2 aliphatic heterocycles. The Hall–Kier alpha value is -4.21. The Kier molecular flexibility index (Phi) is 5.25. The van der Waals surface area contributed by atoms with Gasteiger partial charge in [-0.2, -0.15) is 0 Å². The molecule has 0 bridgehead atoms. The fourth-order valence-corrected chi connectivity index (χ4v) is 3.54. The van der Waals surface area contributed by atoms with Crippen LogP contribution in [0.1, 0.15) is 21.6 Å². The number of para-hydroxylation sites is 1. The number of halogens is 2. The molecule has 5 rings (SSSR count). The van der Waals surface area contributed by atoms with Crippen molar-refractivity contribution in [3.8, 4) is 11.5 Å². The summed E-state index contributed by atoms with van der Waals surface area (Å²) in [6.07, 6.45) is -1.99. The number of benzene rings is 2. The molecule has 168 valence electrons. The number of amidine groups is 1. The number of pyridine rings is 1. The standard InChI is InChI=1S/C23H19F2N5O3/c24-23(25)32-19-6-5-15(12-20(19)33-23)30-22(31)16-3-1-2-4-17(16)29-13-14-7-8-26-18(11-14)21-27-9-10-28-21/h1-8,11-12,29H,9-10,13H2,(H,27,28)(H,30,31). The van der Waals surface area contributed by atoms with Gasteiger partial charge in [-0.25, -0.2) is 0 Å². The number of amides is 1. The Morgan fingerprint density at radius 3 is 2.79 bits per heavy atom. The molecule has 0 saturated carbocycles. The molecular weight excluding hydrogens is 432 g/mol. The van der Waals surface area contributed by atoms with E-state index in [1.54, 1.807) is 24.4 Å². The minimum atomic E-state index is -3.71. The zero-order chi connectivity index (χ0) is 22.8. The van der Waals surface area contributed by atoms with Gasteiger partial charge in [0.1, 0.15) is 11.5 Å². The molecule has 3 aromatic rings. The molecule has 2 aliphatic rings. The molecular formula is C23H19F2N5O3. The van der Waals surface area contributed by atoms with Gasteiger partial charge >= 0.3 is 6.29 Å². The number of hydrogen-bond donors (Lipinski definition) is 3. The van der Waals surface area contributed by atoms with Gasteiger partial charge in [0, 0.05) is 36.7 Å². The van der Waals surface area contributed by atoms with Gasteiger partial charge in [-0.1, -0.05) is 12.1 Å². The van der Waals surface area contributed by atoms with Crippen molar-refractivity contribution < 1.29 is 23.0 Å². The number of alkyl halides is 2. The lowest BCUT2D eigenvalue weighted by Gasteiger charge is -2.13. The average Bonchev–Trinajstić information content (AvgIpc) is 3.44. The highest BCUT2D eigenvalue weighted by atomic mass is 19.3. The van der Waals surface area contributed by atoms with Crippen molar-refractivity contribution in [3.63, 3.8) is 0 Å². The Balaban J connectivity index is 1.28. The second-order valence-electron chi connectivity index (χ2n) is 7.39. The summed E-state index contributed by atoms with van der Waals surface area (Å²) >= 11 is 0. The SMILES string of the molecule is O=C(Nc1ccc2c(c1)OC(F)(F)O2)c1ccccc1NCc1ccnc(C2=NCCN2)c1. The fraction of sp³-hybridized carbons (Fsp3) is 0.174. The minimum Gasteiger partial charge on any atom is -0.395 e. The summed E-state index contributed by atoms with van der Waals surface area (Å²) in [5.41, 5.74) is 3.07. The largest absolute Gasteiger partial charge is 0.586 e. The first kappa shape index (κ1) is 20.7. The number of aliphatic imine (C=N–C) groups is 1. The maximum atomic E-state index is 13.2. The molecule has 33 heavy (non-hydrogen) atoms. The van der Waals surface area contributed by atoms with E-state index in [9.17, 15) is 13.6 Å². The summed E-state index contributed by atoms with van der Waals surface area (Å²) in [6, 6.07) is 14.9. The monoisotopic (exact) mass is 451 g/mol. The lowest BCUT2D eigenvalue weighted by Crippen LogP contribution is -2.25. The molecule has 0 radical (unpaired) electrons. The van der Waals surface area contributed by atoms with E-state index < -0.39 is 12.2 Å². The zero-order valence-corrected chi connectivity index (χ0v) is 17.3. The molecule has 0 unspecified atom stereocenters. The predicted octanol–water partition coefficient (Wildman–Crippen LogP) is 3.62. The number of anilines is 2. The molecule has 0 fully saturated rings. The van der Waals surface area contributed by atoms with Crippen LogP contribution in [0.15, 0.2) is 65.8 Å². The first-order valence-corrected chi connectivity index (χ1v) is 10.2. The number of nitrogens with one attached hydrogen (secondary N) is 3. The van der Waals surface area contributed by atoms with E-state index in [1.165, 1.54) is 18.2 Å². The van der Waals surface area contributed by atoms with E-state index in [2.05, 4.69) is 35.4 Å². The van der Waals surface area contributed by atoms with Crippen molar-refractivity contribution in [3.05, 3.63) is 77.6 Å². The Bertz CT molecular complexity index is 1250. The topological polar surface area (TPSA) is 96.9 Å². The van der Waals surface area contributed by atoms with Crippen LogP contribution in [0.4, 0.5) is 20.2 Å².